The molecule has 1 fully saturated rings. The molecule has 5 nitrogen and oxygen atoms in total. The maximum Gasteiger partial charge on any atom is 0.433 e. The largest absolute Gasteiger partial charge is 0.433 e. The molecule has 1 aliphatic rings. The molecule has 150 valence electrons. The standard InChI is InChI=1S/C21H19F3N4O/c22-21(23,24)20-3-1-2-18(26-20)17-8-15-11-28(27-19(15)9-14(17)10-25)16-6-4-13(12-29)5-7-16/h1-3,8-9,11,13,16,29H,4-7,12H2. The fourth-order valence-corrected chi connectivity index (χ4v) is 3.92. The highest BCUT2D eigenvalue weighted by Crippen LogP contribution is 2.34. The second kappa shape index (κ2) is 7.48. The minimum Gasteiger partial charge on any atom is -0.396 e. The maximum absolute atomic E-state index is 13.0. The molecule has 0 unspecified atom stereocenters. The number of fused-ring (bicyclic) bond motifs is 1. The van der Waals surface area contributed by atoms with Gasteiger partial charge >= 0.3 is 6.18 Å². The number of aliphatic hydroxyl groups is 1. The third-order valence-corrected chi connectivity index (χ3v) is 5.55. The van der Waals surface area contributed by atoms with Crippen LogP contribution in [0, 0.1) is 17.2 Å². The number of alkyl halides is 3. The second-order valence-corrected chi connectivity index (χ2v) is 7.44. The van der Waals surface area contributed by atoms with Crippen LogP contribution in [0.5, 0.6) is 0 Å². The molecule has 0 atom stereocenters. The maximum atomic E-state index is 13.0. The molecule has 29 heavy (non-hydrogen) atoms. The van der Waals surface area contributed by atoms with Gasteiger partial charge in [-0.1, -0.05) is 6.07 Å². The summed E-state index contributed by atoms with van der Waals surface area (Å²) < 4.78 is 41.0. The minimum atomic E-state index is -4.55. The zero-order chi connectivity index (χ0) is 20.6. The summed E-state index contributed by atoms with van der Waals surface area (Å²) in [7, 11) is 0. The molecule has 2 aromatic heterocycles. The van der Waals surface area contributed by atoms with Crippen molar-refractivity contribution in [2.75, 3.05) is 6.61 Å². The van der Waals surface area contributed by atoms with Crippen molar-refractivity contribution in [3.05, 3.63) is 47.8 Å². The van der Waals surface area contributed by atoms with E-state index in [1.807, 2.05) is 16.9 Å². The fourth-order valence-electron chi connectivity index (χ4n) is 3.92. The smallest absolute Gasteiger partial charge is 0.396 e. The van der Waals surface area contributed by atoms with Crippen LogP contribution in [-0.4, -0.2) is 26.5 Å². The van der Waals surface area contributed by atoms with Gasteiger partial charge in [0.15, 0.2) is 0 Å². The van der Waals surface area contributed by atoms with Crippen molar-refractivity contribution >= 4 is 10.9 Å². The highest BCUT2D eigenvalue weighted by Gasteiger charge is 2.32. The molecule has 3 aromatic rings. The van der Waals surface area contributed by atoms with Gasteiger partial charge in [0, 0.05) is 23.8 Å². The van der Waals surface area contributed by atoms with Crippen LogP contribution in [0.2, 0.25) is 0 Å². The van der Waals surface area contributed by atoms with Crippen molar-refractivity contribution in [2.45, 2.75) is 37.9 Å². The Kier molecular flexibility index (Phi) is 5.01. The summed E-state index contributed by atoms with van der Waals surface area (Å²) in [5.41, 5.74) is 0.333. The summed E-state index contributed by atoms with van der Waals surface area (Å²) in [6, 6.07) is 9.21. The van der Waals surface area contributed by atoms with Gasteiger partial charge in [-0.05, 0) is 55.9 Å². The van der Waals surface area contributed by atoms with Crippen molar-refractivity contribution in [3.8, 4) is 17.3 Å². The normalized spacial score (nSPS) is 20.0. The minimum absolute atomic E-state index is 0.106. The number of rotatable bonds is 3. The Morgan fingerprint density at radius 1 is 1.17 bits per heavy atom. The summed E-state index contributed by atoms with van der Waals surface area (Å²) in [4.78, 5) is 3.72. The Morgan fingerprint density at radius 2 is 1.93 bits per heavy atom. The molecule has 1 aliphatic carbocycles. The number of aliphatic hydroxyl groups excluding tert-OH is 1. The molecule has 1 N–H and O–H groups in total. The molecule has 0 spiro atoms. The number of pyridine rings is 1. The number of nitriles is 1. The molecule has 1 saturated carbocycles. The van der Waals surface area contributed by atoms with Gasteiger partial charge in [-0.3, -0.25) is 4.68 Å². The molecule has 0 saturated heterocycles. The third kappa shape index (κ3) is 3.83. The van der Waals surface area contributed by atoms with Gasteiger partial charge in [-0.2, -0.15) is 23.5 Å². The number of aromatic nitrogens is 3. The quantitative estimate of drug-likeness (QED) is 0.691. The van der Waals surface area contributed by atoms with E-state index < -0.39 is 11.9 Å². The highest BCUT2D eigenvalue weighted by molar-refractivity contribution is 5.87. The third-order valence-electron chi connectivity index (χ3n) is 5.55. The van der Waals surface area contributed by atoms with Crippen LogP contribution in [0.25, 0.3) is 22.2 Å². The van der Waals surface area contributed by atoms with Gasteiger partial charge in [0.05, 0.1) is 28.9 Å². The number of hydrogen-bond acceptors (Lipinski definition) is 4. The van der Waals surface area contributed by atoms with E-state index in [1.54, 1.807) is 12.1 Å². The summed E-state index contributed by atoms with van der Waals surface area (Å²) >= 11 is 0. The average molecular weight is 400 g/mol. The summed E-state index contributed by atoms with van der Waals surface area (Å²) in [5.74, 6) is 0.333. The van der Waals surface area contributed by atoms with E-state index in [2.05, 4.69) is 10.1 Å². The van der Waals surface area contributed by atoms with E-state index in [0.29, 0.717) is 17.0 Å². The van der Waals surface area contributed by atoms with E-state index in [4.69, 9.17) is 0 Å². The van der Waals surface area contributed by atoms with Crippen LogP contribution in [0.15, 0.2) is 36.5 Å². The van der Waals surface area contributed by atoms with Crippen molar-refractivity contribution in [2.24, 2.45) is 5.92 Å². The Bertz CT molecular complexity index is 1080. The van der Waals surface area contributed by atoms with E-state index in [9.17, 15) is 23.5 Å². The lowest BCUT2D eigenvalue weighted by Crippen LogP contribution is -2.20. The van der Waals surface area contributed by atoms with Gasteiger partial charge in [-0.15, -0.1) is 0 Å². The van der Waals surface area contributed by atoms with Crippen LogP contribution in [0.3, 0.4) is 0 Å². The first-order valence-corrected chi connectivity index (χ1v) is 9.47. The van der Waals surface area contributed by atoms with Gasteiger partial charge in [0.25, 0.3) is 0 Å². The summed E-state index contributed by atoms with van der Waals surface area (Å²) in [6.45, 7) is 0.201. The Labute approximate surface area is 165 Å². The summed E-state index contributed by atoms with van der Waals surface area (Å²) in [6.07, 6.45) is 1.00. The first-order chi connectivity index (χ1) is 13.9. The van der Waals surface area contributed by atoms with E-state index in [1.165, 1.54) is 12.1 Å². The molecular formula is C21H19F3N4O. The second-order valence-electron chi connectivity index (χ2n) is 7.44. The van der Waals surface area contributed by atoms with E-state index >= 15 is 0 Å². The van der Waals surface area contributed by atoms with Crippen molar-refractivity contribution in [3.63, 3.8) is 0 Å². The van der Waals surface area contributed by atoms with Crippen LogP contribution in [0.1, 0.15) is 43.0 Å². The van der Waals surface area contributed by atoms with Gasteiger partial charge < -0.3 is 5.11 Å². The average Bonchev–Trinajstić information content (AvgIpc) is 3.15. The fraction of sp³-hybridized carbons (Fsp3) is 0.381. The number of hydrogen-bond donors (Lipinski definition) is 1. The Balaban J connectivity index is 1.72. The predicted molar refractivity (Wildman–Crippen MR) is 101 cm³/mol. The lowest BCUT2D eigenvalue weighted by atomic mass is 9.87. The molecule has 0 aliphatic heterocycles. The zero-order valence-corrected chi connectivity index (χ0v) is 15.5. The first-order valence-electron chi connectivity index (χ1n) is 9.47. The topological polar surface area (TPSA) is 74.7 Å². The van der Waals surface area contributed by atoms with E-state index in [0.717, 1.165) is 37.1 Å². The molecule has 2 heterocycles. The molecule has 1 aromatic carbocycles. The molecule has 4 rings (SSSR count). The lowest BCUT2D eigenvalue weighted by Gasteiger charge is -2.27. The Morgan fingerprint density at radius 3 is 2.59 bits per heavy atom. The van der Waals surface area contributed by atoms with Crippen molar-refractivity contribution in [1.29, 1.82) is 5.26 Å². The predicted octanol–water partition coefficient (Wildman–Crippen LogP) is 4.71. The number of nitrogens with zero attached hydrogens (tertiary/aromatic N) is 4. The molecule has 0 radical (unpaired) electrons. The summed E-state index contributed by atoms with van der Waals surface area (Å²) in [5, 5.41) is 24.2. The monoisotopic (exact) mass is 400 g/mol. The van der Waals surface area contributed by atoms with Crippen LogP contribution < -0.4 is 0 Å². The van der Waals surface area contributed by atoms with Crippen molar-refractivity contribution in [1.82, 2.24) is 14.8 Å². The van der Waals surface area contributed by atoms with Gasteiger partial charge in [0.2, 0.25) is 0 Å². The SMILES string of the molecule is N#Cc1cc2nn(C3CCC(CO)CC3)cc2cc1-c1cccc(C(F)(F)F)n1. The molecule has 0 bridgehead atoms. The number of halogens is 3. The van der Waals surface area contributed by atoms with Crippen LogP contribution >= 0.6 is 0 Å². The number of benzene rings is 1. The first kappa shape index (κ1) is 19.4. The molecule has 8 heteroatoms. The van der Waals surface area contributed by atoms with Crippen LogP contribution in [-0.2, 0) is 6.18 Å². The molecular weight excluding hydrogens is 381 g/mol. The van der Waals surface area contributed by atoms with Gasteiger partial charge in [0.1, 0.15) is 5.69 Å². The van der Waals surface area contributed by atoms with Gasteiger partial charge in [-0.25, -0.2) is 4.98 Å². The lowest BCUT2D eigenvalue weighted by molar-refractivity contribution is -0.141. The Hall–Kier alpha value is -2.92. The highest BCUT2D eigenvalue weighted by atomic mass is 19.4. The van der Waals surface area contributed by atoms with E-state index in [-0.39, 0.29) is 23.9 Å². The zero-order valence-electron chi connectivity index (χ0n) is 15.5. The molecule has 0 amide bonds. The van der Waals surface area contributed by atoms with Crippen LogP contribution in [0.4, 0.5) is 13.2 Å². The van der Waals surface area contributed by atoms with Crippen molar-refractivity contribution < 1.29 is 18.3 Å².